The number of anilines is 2. The molecule has 24 nitrogen and oxygen atoms in total. The predicted molar refractivity (Wildman–Crippen MR) is 146 cm³/mol. The van der Waals surface area contributed by atoms with Gasteiger partial charge in [-0.2, -0.15) is 9.97 Å². The number of nitrogens with zero attached hydrogens (tertiary/aromatic N) is 6. The summed E-state index contributed by atoms with van der Waals surface area (Å²) < 4.78 is 60.5. The quantitative estimate of drug-likeness (QED) is 0.0968. The average Bonchev–Trinajstić information content (AvgIpc) is 3.72. The molecular formula is C20H24N10O14P2. The molecule has 4 aromatic rings. The highest BCUT2D eigenvalue weighted by atomic mass is 31.2. The molecule has 0 bridgehead atoms. The molecule has 10 atom stereocenters. The summed E-state index contributed by atoms with van der Waals surface area (Å²) in [6, 6.07) is 0. The highest BCUT2D eigenvalue weighted by Crippen LogP contribution is 2.53. The first-order valence-corrected chi connectivity index (χ1v) is 16.1. The van der Waals surface area contributed by atoms with Gasteiger partial charge in [-0.15, -0.1) is 0 Å². The maximum atomic E-state index is 13.1. The molecule has 46 heavy (non-hydrogen) atoms. The van der Waals surface area contributed by atoms with Gasteiger partial charge in [0.05, 0.1) is 25.9 Å². The third-order valence-electron chi connectivity index (χ3n) is 7.38. The highest BCUT2D eigenvalue weighted by Gasteiger charge is 2.54. The number of fused-ring (bicyclic) bond motifs is 4. The number of phosphoric ester groups is 2. The highest BCUT2D eigenvalue weighted by molar-refractivity contribution is 7.47. The molecule has 4 unspecified atom stereocenters. The smallest absolute Gasteiger partial charge is 0.386 e. The van der Waals surface area contributed by atoms with Gasteiger partial charge in [-0.25, -0.2) is 19.1 Å². The molecule has 3 aliphatic rings. The average molecular weight is 690 g/mol. The van der Waals surface area contributed by atoms with Crippen molar-refractivity contribution in [3.05, 3.63) is 33.4 Å². The summed E-state index contributed by atoms with van der Waals surface area (Å²) in [7, 11) is -10.2. The van der Waals surface area contributed by atoms with E-state index in [0.717, 1.165) is 21.8 Å². The number of H-pyrrole nitrogens is 2. The van der Waals surface area contributed by atoms with E-state index in [9.17, 15) is 38.7 Å². The number of nitrogen functional groups attached to an aromatic ring is 2. The van der Waals surface area contributed by atoms with Crippen LogP contribution in [0.4, 0.5) is 11.9 Å². The van der Waals surface area contributed by atoms with Gasteiger partial charge in [-0.05, 0) is 0 Å². The molecule has 0 aromatic carbocycles. The van der Waals surface area contributed by atoms with E-state index >= 15 is 0 Å². The standard InChI is InChI=1S/C20H24N10O14P2/c21-19-25-13-7(15(33)27-19)23-3-29(13)17-9(31)11-5(41-17)1-39-45(35,36)44-12-6(2-40-46(37,38)43-11)42-18(10(12)32)30-4-24-8-14(30)26-20(22)28-16(8)34/h3-6,9-12,17-18,31-32H,1-2H2,(H,35,36)(H,37,38)(H3,21,25,27,33)(H3,22,26,28,34)/t5-,6-,9+,10?,11?,12-,17-,18-/m1/s1. The molecule has 10 N–H and O–H groups in total. The number of hydrogen-bond donors (Lipinski definition) is 8. The van der Waals surface area contributed by atoms with Crippen LogP contribution in [0, 0.1) is 0 Å². The number of nitrogens with two attached hydrogens (primary N) is 2. The summed E-state index contributed by atoms with van der Waals surface area (Å²) in [5, 5.41) is 22.2. The normalized spacial score (nSPS) is 37.1. The van der Waals surface area contributed by atoms with Crippen molar-refractivity contribution in [2.45, 2.75) is 49.1 Å². The van der Waals surface area contributed by atoms with Crippen LogP contribution in [0.2, 0.25) is 0 Å². The number of aromatic nitrogens is 8. The predicted octanol–water partition coefficient (Wildman–Crippen LogP) is -3.05. The van der Waals surface area contributed by atoms with Crippen LogP contribution in [-0.2, 0) is 36.7 Å². The van der Waals surface area contributed by atoms with E-state index < -0.39 is 89.1 Å². The van der Waals surface area contributed by atoms with Crippen molar-refractivity contribution >= 4 is 49.9 Å². The fourth-order valence-corrected chi connectivity index (χ4v) is 7.32. The molecule has 0 radical (unpaired) electrons. The van der Waals surface area contributed by atoms with E-state index in [0.29, 0.717) is 0 Å². The van der Waals surface area contributed by atoms with Crippen LogP contribution in [0.5, 0.6) is 0 Å². The number of aromatic amines is 2. The first-order valence-electron chi connectivity index (χ1n) is 13.1. The van der Waals surface area contributed by atoms with Crippen LogP contribution in [0.3, 0.4) is 0 Å². The van der Waals surface area contributed by atoms with Gasteiger partial charge in [0.2, 0.25) is 11.9 Å². The fourth-order valence-electron chi connectivity index (χ4n) is 5.39. The monoisotopic (exact) mass is 690 g/mol. The van der Waals surface area contributed by atoms with E-state index in [1.54, 1.807) is 0 Å². The molecular weight excluding hydrogens is 666 g/mol. The van der Waals surface area contributed by atoms with Crippen molar-refractivity contribution < 1.29 is 56.7 Å². The number of phosphoric acid groups is 2. The Kier molecular flexibility index (Phi) is 7.39. The molecule has 0 saturated carbocycles. The van der Waals surface area contributed by atoms with Crippen LogP contribution in [0.15, 0.2) is 22.2 Å². The lowest BCUT2D eigenvalue weighted by Gasteiger charge is -2.27. The topological polar surface area (TPSA) is 350 Å². The van der Waals surface area contributed by atoms with Gasteiger partial charge in [0.1, 0.15) is 36.6 Å². The Bertz CT molecular complexity index is 1900. The lowest BCUT2D eigenvalue weighted by molar-refractivity contribution is -0.0664. The first-order chi connectivity index (χ1) is 21.7. The van der Waals surface area contributed by atoms with Gasteiger partial charge in [-0.1, -0.05) is 0 Å². The Balaban J connectivity index is 1.18. The number of nitrogens with one attached hydrogen (secondary N) is 2. The zero-order valence-corrected chi connectivity index (χ0v) is 24.6. The maximum absolute atomic E-state index is 13.1. The van der Waals surface area contributed by atoms with Gasteiger partial charge in [0.25, 0.3) is 11.1 Å². The molecule has 7 heterocycles. The fraction of sp³-hybridized carbons (Fsp3) is 0.500. The molecule has 3 saturated heterocycles. The molecule has 0 amide bonds. The molecule has 3 fully saturated rings. The van der Waals surface area contributed by atoms with Crippen LogP contribution >= 0.6 is 15.6 Å². The summed E-state index contributed by atoms with van der Waals surface area (Å²) in [6.07, 6.45) is -10.9. The summed E-state index contributed by atoms with van der Waals surface area (Å²) in [5.74, 6) is -0.561. The van der Waals surface area contributed by atoms with Crippen LogP contribution in [0.1, 0.15) is 12.5 Å². The Morgan fingerprint density at radius 1 is 0.761 bits per heavy atom. The number of rotatable bonds is 2. The van der Waals surface area contributed by atoms with Gasteiger partial charge in [0.15, 0.2) is 34.8 Å². The van der Waals surface area contributed by atoms with Gasteiger partial charge < -0.3 is 40.9 Å². The summed E-state index contributed by atoms with van der Waals surface area (Å²) in [6.45, 7) is -1.74. The zero-order valence-electron chi connectivity index (χ0n) is 22.8. The van der Waals surface area contributed by atoms with Crippen LogP contribution in [-0.4, -0.2) is 109 Å². The lowest BCUT2D eigenvalue weighted by atomic mass is 10.1. The van der Waals surface area contributed by atoms with Crippen molar-refractivity contribution in [1.29, 1.82) is 0 Å². The molecule has 3 aliphatic heterocycles. The molecule has 0 spiro atoms. The van der Waals surface area contributed by atoms with Gasteiger partial charge in [0, 0.05) is 0 Å². The number of imidazole rings is 2. The Morgan fingerprint density at radius 2 is 1.15 bits per heavy atom. The number of hydrogen-bond acceptors (Lipinski definition) is 18. The minimum atomic E-state index is -5.10. The van der Waals surface area contributed by atoms with E-state index in [-0.39, 0.29) is 34.2 Å². The molecule has 0 aliphatic carbocycles. The zero-order chi connectivity index (χ0) is 32.7. The van der Waals surface area contributed by atoms with Crippen molar-refractivity contribution in [2.75, 3.05) is 24.7 Å². The third kappa shape index (κ3) is 5.33. The van der Waals surface area contributed by atoms with Crippen LogP contribution < -0.4 is 22.6 Å². The minimum Gasteiger partial charge on any atom is -0.386 e. The summed E-state index contributed by atoms with van der Waals surface area (Å²) in [5.41, 5.74) is 9.28. The second kappa shape index (κ2) is 11.0. The summed E-state index contributed by atoms with van der Waals surface area (Å²) >= 11 is 0. The summed E-state index contributed by atoms with van der Waals surface area (Å²) in [4.78, 5) is 65.9. The molecule has 7 rings (SSSR count). The van der Waals surface area contributed by atoms with Crippen molar-refractivity contribution in [3.63, 3.8) is 0 Å². The Hall–Kier alpha value is -3.64. The largest absolute Gasteiger partial charge is 0.472 e. The molecule has 248 valence electrons. The molecule has 4 aromatic heterocycles. The number of ether oxygens (including phenoxy) is 2. The van der Waals surface area contributed by atoms with Crippen molar-refractivity contribution in [3.8, 4) is 0 Å². The van der Waals surface area contributed by atoms with E-state index in [2.05, 4.69) is 29.9 Å². The number of aliphatic hydroxyl groups is 2. The van der Waals surface area contributed by atoms with Gasteiger partial charge >= 0.3 is 15.6 Å². The number of aliphatic hydroxyl groups excluding tert-OH is 2. The second-order valence-corrected chi connectivity index (χ2v) is 13.1. The second-order valence-electron chi connectivity index (χ2n) is 10.3. The third-order valence-corrected chi connectivity index (χ3v) is 9.35. The molecule has 26 heteroatoms. The van der Waals surface area contributed by atoms with E-state index in [4.69, 9.17) is 39.0 Å². The maximum Gasteiger partial charge on any atom is 0.472 e. The van der Waals surface area contributed by atoms with Crippen LogP contribution in [0.25, 0.3) is 22.3 Å². The van der Waals surface area contributed by atoms with Crippen molar-refractivity contribution in [1.82, 2.24) is 39.0 Å². The minimum absolute atomic E-state index is 0.121. The van der Waals surface area contributed by atoms with Crippen molar-refractivity contribution in [2.24, 2.45) is 0 Å². The SMILES string of the molecule is Nc1nc2c(ncn2[C@@H]2O[C@@H]3COP(=O)(O)OC4[C@@H](COP(=O)(O)O[C@H]3C2O)O[C@@H](n2cnc3c(=O)[nH]c(N)nc32)[C@H]4O)c(=O)[nH]1. The first kappa shape index (κ1) is 31.0. The Labute approximate surface area is 253 Å². The van der Waals surface area contributed by atoms with Gasteiger partial charge in [-0.3, -0.25) is 46.8 Å². The lowest BCUT2D eigenvalue weighted by Crippen LogP contribution is -2.39. The van der Waals surface area contributed by atoms with E-state index in [1.807, 2.05) is 0 Å². The van der Waals surface area contributed by atoms with E-state index in [1.165, 1.54) is 0 Å². The Morgan fingerprint density at radius 3 is 1.54 bits per heavy atom.